The summed E-state index contributed by atoms with van der Waals surface area (Å²) in [5.74, 6) is -0.335. The molecule has 0 fully saturated rings. The summed E-state index contributed by atoms with van der Waals surface area (Å²) >= 11 is 0. The van der Waals surface area contributed by atoms with E-state index in [2.05, 4.69) is 11.3 Å². The molecule has 0 rings (SSSR count). The quantitative estimate of drug-likeness (QED) is 0.330. The summed E-state index contributed by atoms with van der Waals surface area (Å²) in [4.78, 5) is 10.7. The summed E-state index contributed by atoms with van der Waals surface area (Å²) in [7, 11) is 0. The van der Waals surface area contributed by atoms with Crippen LogP contribution in [0.3, 0.4) is 0 Å². The lowest BCUT2D eigenvalue weighted by Gasteiger charge is -2.01. The van der Waals surface area contributed by atoms with E-state index in [1.165, 1.54) is 6.08 Å². The van der Waals surface area contributed by atoms with Crippen LogP contribution in [0.1, 0.15) is 13.3 Å². The van der Waals surface area contributed by atoms with Gasteiger partial charge < -0.3 is 9.47 Å². The Bertz CT molecular complexity index is 121. The first-order valence-electron chi connectivity index (χ1n) is 3.65. The van der Waals surface area contributed by atoms with Crippen molar-refractivity contribution in [1.29, 1.82) is 0 Å². The molecule has 0 saturated heterocycles. The molecule has 0 unspecified atom stereocenters. The van der Waals surface area contributed by atoms with Crippen LogP contribution < -0.4 is 0 Å². The summed E-state index contributed by atoms with van der Waals surface area (Å²) in [6.07, 6.45) is 2.44. The van der Waals surface area contributed by atoms with Crippen LogP contribution in [-0.4, -0.2) is 25.8 Å². The van der Waals surface area contributed by atoms with Gasteiger partial charge in [-0.2, -0.15) is 0 Å². The molecule has 11 heavy (non-hydrogen) atoms. The Kier molecular flexibility index (Phi) is 6.73. The zero-order valence-corrected chi connectivity index (χ0v) is 6.84. The maximum atomic E-state index is 10.7. The monoisotopic (exact) mass is 158 g/mol. The second kappa shape index (κ2) is 7.28. The Morgan fingerprint density at radius 1 is 1.64 bits per heavy atom. The minimum Gasteiger partial charge on any atom is -0.460 e. The van der Waals surface area contributed by atoms with Gasteiger partial charge in [-0.3, -0.25) is 0 Å². The second-order valence-electron chi connectivity index (χ2n) is 2.02. The molecule has 0 aromatic rings. The highest BCUT2D eigenvalue weighted by Gasteiger charge is 1.99. The Hall–Kier alpha value is -0.830. The van der Waals surface area contributed by atoms with Gasteiger partial charge in [0.2, 0.25) is 0 Å². The molecule has 0 aromatic carbocycles. The van der Waals surface area contributed by atoms with Crippen molar-refractivity contribution in [2.75, 3.05) is 19.8 Å². The van der Waals surface area contributed by atoms with Gasteiger partial charge in [0.05, 0.1) is 0 Å². The molecule has 0 heterocycles. The van der Waals surface area contributed by atoms with Gasteiger partial charge in [-0.25, -0.2) is 4.79 Å². The van der Waals surface area contributed by atoms with E-state index >= 15 is 0 Å². The first-order chi connectivity index (χ1) is 5.31. The van der Waals surface area contributed by atoms with E-state index in [4.69, 9.17) is 4.74 Å². The SMILES string of the molecule is C=CCOC(=O)COCCC. The van der Waals surface area contributed by atoms with Crippen LogP contribution >= 0.6 is 0 Å². The van der Waals surface area contributed by atoms with E-state index in [0.717, 1.165) is 6.42 Å². The van der Waals surface area contributed by atoms with Crippen molar-refractivity contribution >= 4 is 5.97 Å². The fraction of sp³-hybridized carbons (Fsp3) is 0.625. The van der Waals surface area contributed by atoms with Gasteiger partial charge in [0, 0.05) is 6.61 Å². The van der Waals surface area contributed by atoms with Gasteiger partial charge in [-0.1, -0.05) is 19.6 Å². The summed E-state index contributed by atoms with van der Waals surface area (Å²) < 4.78 is 9.59. The Labute approximate surface area is 67.0 Å². The van der Waals surface area contributed by atoms with Gasteiger partial charge >= 0.3 is 5.97 Å². The van der Waals surface area contributed by atoms with Gasteiger partial charge in [0.25, 0.3) is 0 Å². The van der Waals surface area contributed by atoms with Crippen LogP contribution in [0, 0.1) is 0 Å². The molecule has 0 amide bonds. The van der Waals surface area contributed by atoms with Crippen molar-refractivity contribution in [3.05, 3.63) is 12.7 Å². The van der Waals surface area contributed by atoms with Crippen LogP contribution in [0.25, 0.3) is 0 Å². The normalized spacial score (nSPS) is 9.18. The third kappa shape index (κ3) is 7.06. The van der Waals surface area contributed by atoms with E-state index in [1.54, 1.807) is 0 Å². The molecular formula is C8H14O3. The second-order valence-corrected chi connectivity index (χ2v) is 2.02. The van der Waals surface area contributed by atoms with Crippen LogP contribution in [0.15, 0.2) is 12.7 Å². The number of carbonyl (C=O) groups is 1. The zero-order valence-electron chi connectivity index (χ0n) is 6.84. The Morgan fingerprint density at radius 3 is 2.91 bits per heavy atom. The van der Waals surface area contributed by atoms with Crippen molar-refractivity contribution in [3.8, 4) is 0 Å². The van der Waals surface area contributed by atoms with E-state index in [-0.39, 0.29) is 19.2 Å². The van der Waals surface area contributed by atoms with Crippen LogP contribution in [0.4, 0.5) is 0 Å². The third-order valence-electron chi connectivity index (χ3n) is 0.931. The van der Waals surface area contributed by atoms with Crippen molar-refractivity contribution in [2.45, 2.75) is 13.3 Å². The van der Waals surface area contributed by atoms with Gasteiger partial charge in [0.15, 0.2) is 0 Å². The molecule has 0 N–H and O–H groups in total. The Balaban J connectivity index is 3.15. The van der Waals surface area contributed by atoms with Crippen LogP contribution in [0.2, 0.25) is 0 Å². The van der Waals surface area contributed by atoms with Crippen molar-refractivity contribution in [3.63, 3.8) is 0 Å². The number of esters is 1. The summed E-state index contributed by atoms with van der Waals surface area (Å²) in [5, 5.41) is 0. The topological polar surface area (TPSA) is 35.5 Å². The van der Waals surface area contributed by atoms with Crippen molar-refractivity contribution in [1.82, 2.24) is 0 Å². The first-order valence-corrected chi connectivity index (χ1v) is 3.65. The lowest BCUT2D eigenvalue weighted by Crippen LogP contribution is -2.12. The van der Waals surface area contributed by atoms with Gasteiger partial charge in [0.1, 0.15) is 13.2 Å². The van der Waals surface area contributed by atoms with Crippen molar-refractivity contribution < 1.29 is 14.3 Å². The maximum absolute atomic E-state index is 10.7. The predicted molar refractivity (Wildman–Crippen MR) is 42.3 cm³/mol. The summed E-state index contributed by atoms with van der Waals surface area (Å²) in [6.45, 7) is 6.29. The Morgan fingerprint density at radius 2 is 2.36 bits per heavy atom. The molecule has 0 aromatic heterocycles. The maximum Gasteiger partial charge on any atom is 0.332 e. The van der Waals surface area contributed by atoms with E-state index in [0.29, 0.717) is 6.61 Å². The van der Waals surface area contributed by atoms with E-state index in [9.17, 15) is 4.79 Å². The molecule has 0 aliphatic heterocycles. The first kappa shape index (κ1) is 10.2. The van der Waals surface area contributed by atoms with E-state index < -0.39 is 0 Å². The van der Waals surface area contributed by atoms with Crippen LogP contribution in [0.5, 0.6) is 0 Å². The zero-order chi connectivity index (χ0) is 8.53. The van der Waals surface area contributed by atoms with Gasteiger partial charge in [-0.15, -0.1) is 0 Å². The third-order valence-corrected chi connectivity index (χ3v) is 0.931. The number of hydrogen-bond acceptors (Lipinski definition) is 3. The molecule has 0 aliphatic carbocycles. The highest BCUT2D eigenvalue weighted by atomic mass is 16.6. The molecular weight excluding hydrogens is 144 g/mol. The lowest BCUT2D eigenvalue weighted by molar-refractivity contribution is -0.147. The molecule has 0 atom stereocenters. The largest absolute Gasteiger partial charge is 0.460 e. The fourth-order valence-electron chi connectivity index (χ4n) is 0.493. The molecule has 0 aliphatic rings. The van der Waals surface area contributed by atoms with Crippen molar-refractivity contribution in [2.24, 2.45) is 0 Å². The number of ether oxygens (including phenoxy) is 2. The molecule has 0 spiro atoms. The van der Waals surface area contributed by atoms with Crippen LogP contribution in [-0.2, 0) is 14.3 Å². The molecule has 64 valence electrons. The smallest absolute Gasteiger partial charge is 0.332 e. The minimum atomic E-state index is -0.335. The number of carbonyl (C=O) groups excluding carboxylic acids is 1. The lowest BCUT2D eigenvalue weighted by atomic mass is 10.5. The highest BCUT2D eigenvalue weighted by molar-refractivity contribution is 5.70. The van der Waals surface area contributed by atoms with Gasteiger partial charge in [-0.05, 0) is 6.42 Å². The predicted octanol–water partition coefficient (Wildman–Crippen LogP) is 1.14. The molecule has 3 heteroatoms. The summed E-state index contributed by atoms with van der Waals surface area (Å²) in [5.41, 5.74) is 0. The molecule has 3 nitrogen and oxygen atoms in total. The fourth-order valence-corrected chi connectivity index (χ4v) is 0.493. The average molecular weight is 158 g/mol. The average Bonchev–Trinajstić information content (AvgIpc) is 2.01. The standard InChI is InChI=1S/C8H14O3/c1-3-5-10-7-8(9)11-6-4-2/h4H,2-3,5-7H2,1H3. The van der Waals surface area contributed by atoms with E-state index in [1.807, 2.05) is 6.92 Å². The minimum absolute atomic E-state index is 0.0433. The molecule has 0 bridgehead atoms. The number of hydrogen-bond donors (Lipinski definition) is 0. The highest BCUT2D eigenvalue weighted by Crippen LogP contribution is 1.84. The molecule has 0 radical (unpaired) electrons. The summed E-state index contributed by atoms with van der Waals surface area (Å²) in [6, 6.07) is 0. The molecule has 0 saturated carbocycles. The number of rotatable bonds is 6.